The zero-order valence-corrected chi connectivity index (χ0v) is 20.3. The number of nitrogens with zero attached hydrogens (tertiary/aromatic N) is 3. The second-order valence-electron chi connectivity index (χ2n) is 8.07. The topological polar surface area (TPSA) is 64.1 Å². The van der Waals surface area contributed by atoms with Crippen molar-refractivity contribution in [2.75, 3.05) is 57.5 Å². The number of carbonyl (C=O) groups excluding carboxylic acids is 1. The number of hydrogen-bond acceptors (Lipinski definition) is 7. The molecule has 1 aliphatic heterocycles. The Labute approximate surface area is 198 Å². The first-order valence-corrected chi connectivity index (χ1v) is 12.2. The summed E-state index contributed by atoms with van der Waals surface area (Å²) in [6.45, 7) is 11.2. The maximum atomic E-state index is 13.3. The number of benzene rings is 2. The molecule has 2 aromatic carbocycles. The molecule has 0 bridgehead atoms. The van der Waals surface area contributed by atoms with Crippen molar-refractivity contribution < 1.29 is 19.0 Å². The Morgan fingerprint density at radius 1 is 1.06 bits per heavy atom. The van der Waals surface area contributed by atoms with Crippen LogP contribution in [0, 0.1) is 13.8 Å². The van der Waals surface area contributed by atoms with E-state index in [0.717, 1.165) is 59.5 Å². The fraction of sp³-hybridized carbons (Fsp3) is 0.440. The summed E-state index contributed by atoms with van der Waals surface area (Å²) in [5.74, 6) is 1.31. The van der Waals surface area contributed by atoms with E-state index in [1.54, 1.807) is 16.2 Å². The van der Waals surface area contributed by atoms with Gasteiger partial charge in [-0.15, -0.1) is 0 Å². The molecule has 176 valence electrons. The highest BCUT2D eigenvalue weighted by atomic mass is 32.1. The number of rotatable bonds is 9. The van der Waals surface area contributed by atoms with E-state index in [1.165, 1.54) is 5.56 Å². The molecule has 2 heterocycles. The monoisotopic (exact) mass is 469 g/mol. The molecule has 7 nitrogen and oxygen atoms in total. The summed E-state index contributed by atoms with van der Waals surface area (Å²) >= 11 is 1.57. The first kappa shape index (κ1) is 23.5. The number of morpholine rings is 1. The Hall–Kier alpha value is -2.68. The average molecular weight is 470 g/mol. The van der Waals surface area contributed by atoms with Gasteiger partial charge in [0, 0.05) is 26.2 Å². The van der Waals surface area contributed by atoms with Gasteiger partial charge in [0.05, 0.1) is 30.0 Å². The quantitative estimate of drug-likeness (QED) is 0.471. The number of fused-ring (bicyclic) bond motifs is 1. The lowest BCUT2D eigenvalue weighted by Crippen LogP contribution is -2.44. The molecule has 1 amide bonds. The van der Waals surface area contributed by atoms with E-state index in [-0.39, 0.29) is 12.5 Å². The molecule has 4 rings (SSSR count). The minimum absolute atomic E-state index is 0.0506. The average Bonchev–Trinajstić information content (AvgIpc) is 3.29. The molecule has 1 aliphatic rings. The molecule has 0 N–H and O–H groups in total. The number of thiazole rings is 1. The zero-order valence-electron chi connectivity index (χ0n) is 19.5. The largest absolute Gasteiger partial charge is 0.494 e. The smallest absolute Gasteiger partial charge is 0.266 e. The van der Waals surface area contributed by atoms with Crippen molar-refractivity contribution in [3.8, 4) is 11.5 Å². The molecule has 1 aromatic heterocycles. The number of aromatic nitrogens is 1. The third-order valence-electron chi connectivity index (χ3n) is 5.70. The molecular formula is C25H31N3O4S. The van der Waals surface area contributed by atoms with Gasteiger partial charge in [-0.25, -0.2) is 4.98 Å². The van der Waals surface area contributed by atoms with E-state index < -0.39 is 0 Å². The minimum atomic E-state index is -0.105. The summed E-state index contributed by atoms with van der Waals surface area (Å²) in [6, 6.07) is 11.5. The first-order chi connectivity index (χ1) is 16.0. The second kappa shape index (κ2) is 11.0. The second-order valence-corrected chi connectivity index (χ2v) is 9.04. The van der Waals surface area contributed by atoms with Crippen molar-refractivity contribution >= 4 is 32.6 Å². The molecule has 8 heteroatoms. The van der Waals surface area contributed by atoms with Crippen LogP contribution in [0.15, 0.2) is 36.4 Å². The summed E-state index contributed by atoms with van der Waals surface area (Å²) < 4.78 is 17.9. The predicted molar refractivity (Wildman–Crippen MR) is 132 cm³/mol. The summed E-state index contributed by atoms with van der Waals surface area (Å²) in [7, 11) is 0. The van der Waals surface area contributed by atoms with Gasteiger partial charge in [-0.05, 0) is 56.2 Å². The van der Waals surface area contributed by atoms with Gasteiger partial charge in [-0.1, -0.05) is 23.5 Å². The fourth-order valence-corrected chi connectivity index (χ4v) is 4.93. The van der Waals surface area contributed by atoms with Gasteiger partial charge in [-0.3, -0.25) is 14.6 Å². The molecule has 0 atom stereocenters. The summed E-state index contributed by atoms with van der Waals surface area (Å²) in [6.07, 6.45) is 0. The number of anilines is 1. The van der Waals surface area contributed by atoms with Gasteiger partial charge in [0.1, 0.15) is 11.5 Å². The normalized spacial score (nSPS) is 14.4. The first-order valence-electron chi connectivity index (χ1n) is 11.4. The molecule has 0 spiro atoms. The van der Waals surface area contributed by atoms with E-state index in [4.69, 9.17) is 19.2 Å². The molecule has 33 heavy (non-hydrogen) atoms. The number of amides is 1. The Morgan fingerprint density at radius 2 is 1.73 bits per heavy atom. The van der Waals surface area contributed by atoms with Crippen LogP contribution in [-0.2, 0) is 9.53 Å². The van der Waals surface area contributed by atoms with Crippen LogP contribution in [0.1, 0.15) is 18.1 Å². The van der Waals surface area contributed by atoms with Gasteiger partial charge >= 0.3 is 0 Å². The molecule has 0 aliphatic carbocycles. The molecule has 1 saturated heterocycles. The molecule has 1 fully saturated rings. The van der Waals surface area contributed by atoms with Crippen LogP contribution < -0.4 is 14.4 Å². The van der Waals surface area contributed by atoms with Gasteiger partial charge in [0.25, 0.3) is 5.91 Å². The molecule has 3 aromatic rings. The third kappa shape index (κ3) is 5.82. The molecule has 0 saturated carbocycles. The standard InChI is InChI=1S/C25H31N3O4S/c1-4-31-20-7-9-21(10-8-20)32-17-22(29)28(12-11-27-13-15-30-16-14-27)25-26-23-18(2)5-6-19(3)24(23)33-25/h5-10H,4,11-17H2,1-3H3. The highest BCUT2D eigenvalue weighted by molar-refractivity contribution is 7.22. The van der Waals surface area contributed by atoms with Crippen molar-refractivity contribution in [2.45, 2.75) is 20.8 Å². The Morgan fingerprint density at radius 3 is 2.39 bits per heavy atom. The van der Waals surface area contributed by atoms with Gasteiger partial charge in [-0.2, -0.15) is 0 Å². The zero-order chi connectivity index (χ0) is 23.2. The van der Waals surface area contributed by atoms with Crippen molar-refractivity contribution in [3.05, 3.63) is 47.5 Å². The lowest BCUT2D eigenvalue weighted by Gasteiger charge is -2.29. The summed E-state index contributed by atoms with van der Waals surface area (Å²) in [5.41, 5.74) is 3.25. The highest BCUT2D eigenvalue weighted by Crippen LogP contribution is 2.33. The van der Waals surface area contributed by atoms with Crippen LogP contribution in [0.5, 0.6) is 11.5 Å². The molecule has 0 unspecified atom stereocenters. The van der Waals surface area contributed by atoms with Crippen LogP contribution in [0.3, 0.4) is 0 Å². The minimum Gasteiger partial charge on any atom is -0.494 e. The van der Waals surface area contributed by atoms with E-state index in [2.05, 4.69) is 30.9 Å². The number of carbonyl (C=O) groups is 1. The highest BCUT2D eigenvalue weighted by Gasteiger charge is 2.23. The van der Waals surface area contributed by atoms with E-state index in [9.17, 15) is 4.79 Å². The molecule has 0 radical (unpaired) electrons. The maximum Gasteiger partial charge on any atom is 0.266 e. The van der Waals surface area contributed by atoms with Crippen LogP contribution in [0.25, 0.3) is 10.2 Å². The summed E-state index contributed by atoms with van der Waals surface area (Å²) in [5, 5.41) is 0.718. The van der Waals surface area contributed by atoms with Crippen molar-refractivity contribution in [1.82, 2.24) is 9.88 Å². The van der Waals surface area contributed by atoms with Gasteiger partial charge in [0.2, 0.25) is 0 Å². The van der Waals surface area contributed by atoms with Crippen LogP contribution >= 0.6 is 11.3 Å². The Bertz CT molecular complexity index is 1040. The number of aryl methyl sites for hydroxylation is 2. The lowest BCUT2D eigenvalue weighted by atomic mass is 10.1. The fourth-order valence-electron chi connectivity index (χ4n) is 3.78. The van der Waals surface area contributed by atoms with Crippen molar-refractivity contribution in [3.63, 3.8) is 0 Å². The predicted octanol–water partition coefficient (Wildman–Crippen LogP) is 4.06. The van der Waals surface area contributed by atoms with E-state index in [0.29, 0.717) is 18.9 Å². The van der Waals surface area contributed by atoms with Crippen LogP contribution in [0.2, 0.25) is 0 Å². The van der Waals surface area contributed by atoms with E-state index in [1.807, 2.05) is 31.2 Å². The van der Waals surface area contributed by atoms with Gasteiger partial charge in [0.15, 0.2) is 11.7 Å². The lowest BCUT2D eigenvalue weighted by molar-refractivity contribution is -0.120. The third-order valence-corrected chi connectivity index (χ3v) is 6.92. The Kier molecular flexibility index (Phi) is 7.80. The number of hydrogen-bond donors (Lipinski definition) is 0. The van der Waals surface area contributed by atoms with Crippen LogP contribution in [-0.4, -0.2) is 68.4 Å². The summed E-state index contributed by atoms with van der Waals surface area (Å²) in [4.78, 5) is 22.3. The molecular weight excluding hydrogens is 438 g/mol. The SMILES string of the molecule is CCOc1ccc(OCC(=O)N(CCN2CCOCC2)c2nc3c(C)ccc(C)c3s2)cc1. The van der Waals surface area contributed by atoms with Crippen LogP contribution in [0.4, 0.5) is 5.13 Å². The number of ether oxygens (including phenoxy) is 3. The van der Waals surface area contributed by atoms with Crippen molar-refractivity contribution in [1.29, 1.82) is 0 Å². The van der Waals surface area contributed by atoms with Crippen molar-refractivity contribution in [2.24, 2.45) is 0 Å². The Balaban J connectivity index is 1.50. The van der Waals surface area contributed by atoms with Gasteiger partial charge < -0.3 is 14.2 Å². The van der Waals surface area contributed by atoms with E-state index >= 15 is 0 Å². The maximum absolute atomic E-state index is 13.3.